The number of guanidine groups is 1. The van der Waals surface area contributed by atoms with Crippen molar-refractivity contribution in [1.29, 1.82) is 0 Å². The molecule has 1 aliphatic heterocycles. The third-order valence-electron chi connectivity index (χ3n) is 5.27. The highest BCUT2D eigenvalue weighted by atomic mass is 32.1. The van der Waals surface area contributed by atoms with Crippen LogP contribution in [0.25, 0.3) is 0 Å². The van der Waals surface area contributed by atoms with Crippen LogP contribution in [0.2, 0.25) is 0 Å². The van der Waals surface area contributed by atoms with Gasteiger partial charge in [0.05, 0.1) is 26.5 Å². The quantitative estimate of drug-likeness (QED) is 0.499. The highest BCUT2D eigenvalue weighted by molar-refractivity contribution is 7.09. The van der Waals surface area contributed by atoms with Gasteiger partial charge in [0, 0.05) is 60.4 Å². The van der Waals surface area contributed by atoms with E-state index in [4.69, 9.17) is 19.5 Å². The molecule has 2 heterocycles. The van der Waals surface area contributed by atoms with Gasteiger partial charge >= 0.3 is 0 Å². The molecule has 2 aromatic rings. The van der Waals surface area contributed by atoms with Crippen molar-refractivity contribution in [3.05, 3.63) is 34.3 Å². The van der Waals surface area contributed by atoms with Gasteiger partial charge in [0.25, 0.3) is 0 Å². The number of nitrogens with one attached hydrogen (secondary N) is 2. The summed E-state index contributed by atoms with van der Waals surface area (Å²) in [4.78, 5) is 11.9. The average molecular weight is 446 g/mol. The summed E-state index contributed by atoms with van der Waals surface area (Å²) in [6.07, 6.45) is 1.04. The minimum absolute atomic E-state index is 0.0668. The first kappa shape index (κ1) is 23.2. The van der Waals surface area contributed by atoms with E-state index in [-0.39, 0.29) is 5.41 Å². The molecule has 1 unspecified atom stereocenters. The van der Waals surface area contributed by atoms with Gasteiger partial charge in [-0.05, 0) is 13.3 Å². The van der Waals surface area contributed by atoms with Gasteiger partial charge < -0.3 is 25.0 Å². The summed E-state index contributed by atoms with van der Waals surface area (Å²) in [6, 6.07) is 6.32. The Morgan fingerprint density at radius 1 is 1.23 bits per heavy atom. The van der Waals surface area contributed by atoms with Gasteiger partial charge in [0.2, 0.25) is 0 Å². The summed E-state index contributed by atoms with van der Waals surface area (Å²) in [5.74, 6) is 2.45. The van der Waals surface area contributed by atoms with Gasteiger partial charge in [0.1, 0.15) is 16.5 Å². The van der Waals surface area contributed by atoms with Crippen molar-refractivity contribution in [1.82, 2.24) is 15.6 Å². The zero-order valence-electron chi connectivity index (χ0n) is 19.5. The lowest BCUT2D eigenvalue weighted by Gasteiger charge is -2.21. The Balaban J connectivity index is 1.63. The summed E-state index contributed by atoms with van der Waals surface area (Å²) in [5.41, 5.74) is 2.30. The lowest BCUT2D eigenvalue weighted by molar-refractivity contribution is 0.394. The minimum Gasteiger partial charge on any atom is -0.497 e. The number of hydrogen-bond donors (Lipinski definition) is 2. The molecule has 8 heteroatoms. The molecule has 0 bridgehead atoms. The van der Waals surface area contributed by atoms with Crippen LogP contribution in [-0.4, -0.2) is 50.8 Å². The van der Waals surface area contributed by atoms with Gasteiger partial charge in [-0.15, -0.1) is 11.3 Å². The van der Waals surface area contributed by atoms with Gasteiger partial charge in [-0.3, -0.25) is 0 Å². The van der Waals surface area contributed by atoms with Crippen molar-refractivity contribution in [2.45, 2.75) is 52.1 Å². The average Bonchev–Trinajstić information content (AvgIpc) is 3.41. The first-order valence-electron chi connectivity index (χ1n) is 10.8. The van der Waals surface area contributed by atoms with E-state index in [9.17, 15) is 0 Å². The number of rotatable bonds is 7. The minimum atomic E-state index is 0.0668. The molecule has 0 amide bonds. The Bertz CT molecular complexity index is 868. The second kappa shape index (κ2) is 10.2. The highest BCUT2D eigenvalue weighted by Gasteiger charge is 2.24. The molecule has 1 fully saturated rings. The van der Waals surface area contributed by atoms with Crippen LogP contribution in [0.1, 0.15) is 44.8 Å². The van der Waals surface area contributed by atoms with Crippen LogP contribution >= 0.6 is 11.3 Å². The molecule has 0 spiro atoms. The Morgan fingerprint density at radius 2 is 1.94 bits per heavy atom. The van der Waals surface area contributed by atoms with Crippen LogP contribution in [0.3, 0.4) is 0 Å². The summed E-state index contributed by atoms with van der Waals surface area (Å²) in [6.45, 7) is 11.9. The fraction of sp³-hybridized carbons (Fsp3) is 0.565. The third kappa shape index (κ3) is 6.26. The standard InChI is InChI=1S/C23H35N5O2S/c1-7-24-22(25-13-21-27-20(15-31-21)23(2,3)4)26-16-8-9-28(14-16)17-10-18(29-5)12-19(11-17)30-6/h10-12,15-16H,7-9,13-14H2,1-6H3,(H2,24,25,26). The predicted molar refractivity (Wildman–Crippen MR) is 129 cm³/mol. The maximum atomic E-state index is 5.42. The lowest BCUT2D eigenvalue weighted by atomic mass is 9.93. The number of hydrogen-bond acceptors (Lipinski definition) is 6. The number of thiazole rings is 1. The molecule has 7 nitrogen and oxygen atoms in total. The monoisotopic (exact) mass is 445 g/mol. The molecule has 3 rings (SSSR count). The topological polar surface area (TPSA) is 71.0 Å². The smallest absolute Gasteiger partial charge is 0.191 e. The van der Waals surface area contributed by atoms with Crippen LogP contribution < -0.4 is 25.0 Å². The van der Waals surface area contributed by atoms with Crippen LogP contribution in [0.5, 0.6) is 11.5 Å². The molecular formula is C23H35N5O2S. The number of methoxy groups -OCH3 is 2. The molecule has 31 heavy (non-hydrogen) atoms. The van der Waals surface area contributed by atoms with E-state index in [1.54, 1.807) is 25.6 Å². The molecule has 0 aliphatic carbocycles. The number of ether oxygens (including phenoxy) is 2. The number of nitrogens with zero attached hydrogens (tertiary/aromatic N) is 3. The number of aliphatic imine (C=N–C) groups is 1. The SMILES string of the molecule is CCNC(=NCc1nc(C(C)(C)C)cs1)NC1CCN(c2cc(OC)cc(OC)c2)C1. The van der Waals surface area contributed by atoms with Gasteiger partial charge in [-0.2, -0.15) is 0 Å². The summed E-state index contributed by atoms with van der Waals surface area (Å²) in [5, 5.41) is 10.1. The molecule has 1 aromatic heterocycles. The molecule has 0 saturated carbocycles. The third-order valence-corrected chi connectivity index (χ3v) is 6.10. The normalized spacial score (nSPS) is 17.0. The molecule has 0 radical (unpaired) electrons. The molecule has 1 aromatic carbocycles. The van der Waals surface area contributed by atoms with Crippen LogP contribution in [-0.2, 0) is 12.0 Å². The Labute approximate surface area is 189 Å². The van der Waals surface area contributed by atoms with Crippen LogP contribution in [0.15, 0.2) is 28.6 Å². The maximum Gasteiger partial charge on any atom is 0.191 e. The van der Waals surface area contributed by atoms with Gasteiger partial charge in [0.15, 0.2) is 5.96 Å². The first-order chi connectivity index (χ1) is 14.8. The Kier molecular flexibility index (Phi) is 7.64. The van der Waals surface area contributed by atoms with Crippen molar-refractivity contribution >= 4 is 23.0 Å². The largest absolute Gasteiger partial charge is 0.497 e. The maximum absolute atomic E-state index is 5.42. The Hall–Kier alpha value is -2.48. The van der Waals surface area contributed by atoms with E-state index in [1.165, 1.54) is 0 Å². The summed E-state index contributed by atoms with van der Waals surface area (Å²) < 4.78 is 10.8. The second-order valence-corrected chi connectivity index (χ2v) is 9.66. The molecule has 1 atom stereocenters. The van der Waals surface area contributed by atoms with E-state index in [2.05, 4.69) is 60.7 Å². The first-order valence-corrected chi connectivity index (χ1v) is 11.7. The van der Waals surface area contributed by atoms with Crippen molar-refractivity contribution in [2.75, 3.05) is 38.8 Å². The number of aromatic nitrogens is 1. The van der Waals surface area contributed by atoms with Crippen molar-refractivity contribution < 1.29 is 9.47 Å². The van der Waals surface area contributed by atoms with Crippen LogP contribution in [0, 0.1) is 0 Å². The lowest BCUT2D eigenvalue weighted by Crippen LogP contribution is -2.44. The van der Waals surface area contributed by atoms with Crippen LogP contribution in [0.4, 0.5) is 5.69 Å². The van der Waals surface area contributed by atoms with Crippen molar-refractivity contribution in [2.24, 2.45) is 4.99 Å². The summed E-state index contributed by atoms with van der Waals surface area (Å²) >= 11 is 1.68. The highest BCUT2D eigenvalue weighted by Crippen LogP contribution is 2.30. The fourth-order valence-electron chi connectivity index (χ4n) is 3.48. The fourth-order valence-corrected chi connectivity index (χ4v) is 4.42. The van der Waals surface area contributed by atoms with Crippen molar-refractivity contribution in [3.63, 3.8) is 0 Å². The molecule has 2 N–H and O–H groups in total. The van der Waals surface area contributed by atoms with E-state index in [0.717, 1.165) is 59.9 Å². The number of anilines is 1. The molecular weight excluding hydrogens is 410 g/mol. The van der Waals surface area contributed by atoms with E-state index in [1.807, 2.05) is 6.07 Å². The van der Waals surface area contributed by atoms with Gasteiger partial charge in [-0.1, -0.05) is 20.8 Å². The zero-order valence-corrected chi connectivity index (χ0v) is 20.3. The van der Waals surface area contributed by atoms with E-state index < -0.39 is 0 Å². The zero-order chi connectivity index (χ0) is 22.4. The van der Waals surface area contributed by atoms with E-state index >= 15 is 0 Å². The Morgan fingerprint density at radius 3 is 2.52 bits per heavy atom. The number of benzene rings is 1. The second-order valence-electron chi connectivity index (χ2n) is 8.72. The van der Waals surface area contributed by atoms with E-state index in [0.29, 0.717) is 12.6 Å². The predicted octanol–water partition coefficient (Wildman–Crippen LogP) is 3.79. The molecule has 1 saturated heterocycles. The van der Waals surface area contributed by atoms with Crippen molar-refractivity contribution in [3.8, 4) is 11.5 Å². The van der Waals surface area contributed by atoms with Gasteiger partial charge in [-0.25, -0.2) is 9.98 Å². The molecule has 170 valence electrons. The summed E-state index contributed by atoms with van der Waals surface area (Å²) in [7, 11) is 3.36. The molecule has 1 aliphatic rings.